The van der Waals surface area contributed by atoms with E-state index in [1.807, 2.05) is 0 Å². The van der Waals surface area contributed by atoms with Crippen molar-refractivity contribution in [3.05, 3.63) is 33.1 Å². The van der Waals surface area contributed by atoms with Gasteiger partial charge in [0.25, 0.3) is 0 Å². The average Bonchev–Trinajstić information content (AvgIpc) is 2.11. The van der Waals surface area contributed by atoms with E-state index in [2.05, 4.69) is 6.92 Å². The highest BCUT2D eigenvalue weighted by Crippen LogP contribution is 2.41. The van der Waals surface area contributed by atoms with Gasteiger partial charge in [-0.05, 0) is 6.92 Å². The summed E-state index contributed by atoms with van der Waals surface area (Å²) in [5.74, 6) is 0.385. The summed E-state index contributed by atoms with van der Waals surface area (Å²) in [7, 11) is 0. The first kappa shape index (κ1) is 11.3. The molecule has 0 spiro atoms. The lowest BCUT2D eigenvalue weighted by molar-refractivity contribution is 0.361. The van der Waals surface area contributed by atoms with E-state index in [9.17, 15) is 0 Å². The van der Waals surface area contributed by atoms with E-state index < -0.39 is 0 Å². The Morgan fingerprint density at radius 2 is 1.69 bits per heavy atom. The molecule has 0 aliphatic heterocycles. The number of hydrogen-bond donors (Lipinski definition) is 0. The quantitative estimate of drug-likeness (QED) is 0.560. The van der Waals surface area contributed by atoms with Gasteiger partial charge in [-0.3, -0.25) is 0 Å². The molecule has 1 aromatic carbocycles. The molecule has 0 aliphatic rings. The third kappa shape index (κ3) is 2.35. The Morgan fingerprint density at radius 3 is 2.23 bits per heavy atom. The fourth-order valence-electron chi connectivity index (χ4n) is 0.766. The minimum atomic E-state index is 0.194. The molecule has 13 heavy (non-hydrogen) atoms. The number of ether oxygens (including phenoxy) is 1. The zero-order valence-corrected chi connectivity index (χ0v) is 9.44. The monoisotopic (exact) mass is 257 g/mol. The van der Waals surface area contributed by atoms with Gasteiger partial charge in [-0.15, -0.1) is 0 Å². The largest absolute Gasteiger partial charge is 0.492 e. The Bertz CT molecular complexity index is 324. The van der Waals surface area contributed by atoms with E-state index in [4.69, 9.17) is 51.1 Å². The molecule has 1 radical (unpaired) electrons. The molecule has 0 amide bonds. The van der Waals surface area contributed by atoms with Crippen LogP contribution >= 0.6 is 46.4 Å². The molecule has 5 heteroatoms. The predicted molar refractivity (Wildman–Crippen MR) is 57.3 cm³/mol. The lowest BCUT2D eigenvalue weighted by Gasteiger charge is -2.08. The first-order valence-electron chi connectivity index (χ1n) is 3.33. The zero-order chi connectivity index (χ0) is 10.0. The van der Waals surface area contributed by atoms with Crippen molar-refractivity contribution in [2.75, 3.05) is 6.61 Å². The van der Waals surface area contributed by atoms with Gasteiger partial charge in [0.1, 0.15) is 10.8 Å². The Kier molecular flexibility index (Phi) is 3.99. The molecule has 1 rings (SSSR count). The highest BCUT2D eigenvalue weighted by atomic mass is 35.5. The van der Waals surface area contributed by atoms with E-state index >= 15 is 0 Å². The van der Waals surface area contributed by atoms with Crippen LogP contribution in [0.4, 0.5) is 0 Å². The van der Waals surface area contributed by atoms with E-state index in [1.54, 1.807) is 0 Å². The summed E-state index contributed by atoms with van der Waals surface area (Å²) < 4.78 is 5.08. The van der Waals surface area contributed by atoms with Gasteiger partial charge in [0.15, 0.2) is 0 Å². The summed E-state index contributed by atoms with van der Waals surface area (Å²) in [6.07, 6.45) is 0. The van der Waals surface area contributed by atoms with Crippen molar-refractivity contribution in [2.24, 2.45) is 0 Å². The Hall–Kier alpha value is 0.180. The summed E-state index contributed by atoms with van der Waals surface area (Å²) in [5.41, 5.74) is 0. The van der Waals surface area contributed by atoms with Gasteiger partial charge in [0.05, 0.1) is 21.7 Å². The van der Waals surface area contributed by atoms with Gasteiger partial charge in [0.2, 0.25) is 0 Å². The van der Waals surface area contributed by atoms with Crippen molar-refractivity contribution < 1.29 is 4.74 Å². The highest BCUT2D eigenvalue weighted by molar-refractivity contribution is 6.52. The normalized spacial score (nSPS) is 10.2. The maximum absolute atomic E-state index is 5.82. The lowest BCUT2D eigenvalue weighted by atomic mass is 10.3. The number of halogens is 4. The second-order valence-corrected chi connectivity index (χ2v) is 3.69. The molecule has 0 bridgehead atoms. The van der Waals surface area contributed by atoms with Gasteiger partial charge in [0, 0.05) is 6.07 Å². The zero-order valence-electron chi connectivity index (χ0n) is 6.41. The van der Waals surface area contributed by atoms with Crippen LogP contribution in [0.2, 0.25) is 20.1 Å². The first-order valence-corrected chi connectivity index (χ1v) is 4.84. The number of benzene rings is 1. The molecule has 0 atom stereocenters. The van der Waals surface area contributed by atoms with E-state index in [-0.39, 0.29) is 21.7 Å². The predicted octanol–water partition coefficient (Wildman–Crippen LogP) is 4.51. The molecular formula is C8H5Cl4O. The maximum Gasteiger partial charge on any atom is 0.141 e. The first-order chi connectivity index (χ1) is 6.07. The number of rotatable bonds is 2. The van der Waals surface area contributed by atoms with Crippen LogP contribution in [-0.2, 0) is 0 Å². The SMILES string of the molecule is [CH2]COc1cc(Cl)c(Cl)c(Cl)c1Cl. The summed E-state index contributed by atoms with van der Waals surface area (Å²) >= 11 is 23.1. The van der Waals surface area contributed by atoms with Crippen LogP contribution in [0.1, 0.15) is 0 Å². The highest BCUT2D eigenvalue weighted by Gasteiger charge is 2.13. The summed E-state index contributed by atoms with van der Waals surface area (Å²) in [6, 6.07) is 1.50. The molecule has 71 valence electrons. The Balaban J connectivity index is 3.24. The van der Waals surface area contributed by atoms with Crippen molar-refractivity contribution in [3.8, 4) is 5.75 Å². The second kappa shape index (κ2) is 4.61. The molecule has 0 aromatic heterocycles. The van der Waals surface area contributed by atoms with Gasteiger partial charge in [-0.1, -0.05) is 46.4 Å². The molecule has 0 fully saturated rings. The van der Waals surface area contributed by atoms with Crippen LogP contribution in [0.3, 0.4) is 0 Å². The Labute approximate surface area is 96.5 Å². The molecule has 0 N–H and O–H groups in total. The molecule has 0 aliphatic carbocycles. The van der Waals surface area contributed by atoms with Crippen LogP contribution in [0, 0.1) is 6.92 Å². The second-order valence-electron chi connectivity index (χ2n) is 2.15. The van der Waals surface area contributed by atoms with Crippen molar-refractivity contribution in [1.82, 2.24) is 0 Å². The van der Waals surface area contributed by atoms with Gasteiger partial charge < -0.3 is 4.74 Å². The molecule has 0 heterocycles. The summed E-state index contributed by atoms with van der Waals surface area (Å²) in [4.78, 5) is 0. The molecular weight excluding hydrogens is 254 g/mol. The lowest BCUT2D eigenvalue weighted by Crippen LogP contribution is -1.93. The van der Waals surface area contributed by atoms with Crippen LogP contribution in [0.25, 0.3) is 0 Å². The maximum atomic E-state index is 5.82. The van der Waals surface area contributed by atoms with E-state index in [1.165, 1.54) is 6.07 Å². The third-order valence-corrected chi connectivity index (χ3v) is 3.06. The smallest absolute Gasteiger partial charge is 0.141 e. The Morgan fingerprint density at radius 1 is 1.08 bits per heavy atom. The van der Waals surface area contributed by atoms with Gasteiger partial charge >= 0.3 is 0 Å². The molecule has 0 saturated heterocycles. The summed E-state index contributed by atoms with van der Waals surface area (Å²) in [6.45, 7) is 3.75. The van der Waals surface area contributed by atoms with E-state index in [0.29, 0.717) is 10.8 Å². The van der Waals surface area contributed by atoms with Gasteiger partial charge in [-0.2, -0.15) is 0 Å². The molecule has 1 nitrogen and oxygen atoms in total. The average molecular weight is 259 g/mol. The summed E-state index contributed by atoms with van der Waals surface area (Å²) in [5, 5.41) is 0.975. The number of hydrogen-bond acceptors (Lipinski definition) is 1. The van der Waals surface area contributed by atoms with Crippen LogP contribution in [0.5, 0.6) is 5.75 Å². The van der Waals surface area contributed by atoms with E-state index in [0.717, 1.165) is 0 Å². The minimum absolute atomic E-state index is 0.194. The molecule has 0 saturated carbocycles. The van der Waals surface area contributed by atoms with Crippen molar-refractivity contribution in [3.63, 3.8) is 0 Å². The van der Waals surface area contributed by atoms with Crippen LogP contribution in [0.15, 0.2) is 6.07 Å². The fraction of sp³-hybridized carbons (Fsp3) is 0.125. The minimum Gasteiger partial charge on any atom is -0.492 e. The van der Waals surface area contributed by atoms with Crippen molar-refractivity contribution in [2.45, 2.75) is 0 Å². The fourth-order valence-corrected chi connectivity index (χ4v) is 1.60. The van der Waals surface area contributed by atoms with Crippen molar-refractivity contribution in [1.29, 1.82) is 0 Å². The topological polar surface area (TPSA) is 9.23 Å². The van der Waals surface area contributed by atoms with Crippen LogP contribution in [-0.4, -0.2) is 6.61 Å². The molecule has 1 aromatic rings. The van der Waals surface area contributed by atoms with Gasteiger partial charge in [-0.25, -0.2) is 0 Å². The van der Waals surface area contributed by atoms with Crippen LogP contribution < -0.4 is 4.74 Å². The molecule has 0 unspecified atom stereocenters. The third-order valence-electron chi connectivity index (χ3n) is 1.33. The van der Waals surface area contributed by atoms with Crippen molar-refractivity contribution >= 4 is 46.4 Å². The standard InChI is InChI=1S/C8H5Cl4O/c1-2-13-5-3-4(9)6(10)8(12)7(5)11/h3H,1-2H2.